The van der Waals surface area contributed by atoms with Crippen molar-refractivity contribution in [3.63, 3.8) is 0 Å². The normalized spacial score (nSPS) is 16.2. The van der Waals surface area contributed by atoms with Crippen LogP contribution in [0.3, 0.4) is 0 Å². The van der Waals surface area contributed by atoms with Crippen LogP contribution >= 0.6 is 23.2 Å². The molecular formula is C29H35Cl2N5O4S. The molecule has 2 aromatic heterocycles. The van der Waals surface area contributed by atoms with E-state index in [9.17, 15) is 13.2 Å². The Hall–Kier alpha value is -2.76. The van der Waals surface area contributed by atoms with E-state index in [-0.39, 0.29) is 44.5 Å². The van der Waals surface area contributed by atoms with E-state index in [4.69, 9.17) is 27.9 Å². The number of hydrogen-bond donors (Lipinski definition) is 2. The maximum absolute atomic E-state index is 12.6. The summed E-state index contributed by atoms with van der Waals surface area (Å²) >= 11 is 12.2. The van der Waals surface area contributed by atoms with Crippen molar-refractivity contribution in [2.45, 2.75) is 50.2 Å². The van der Waals surface area contributed by atoms with Crippen molar-refractivity contribution in [3.05, 3.63) is 81.7 Å². The average Bonchev–Trinajstić information content (AvgIpc) is 2.96. The van der Waals surface area contributed by atoms with E-state index in [0.717, 1.165) is 43.6 Å². The standard InChI is InChI=1S/C29H35Cl2N5O4S/c1-19-5-4-6-26(35-19)40-28(21-7-9-23(10-8-21)41(38,39)32-3)22-12-15-36(16-13-22)20(2)11-14-34-29(37)27-24(30)17-33-18-25(27)31/h4-10,17-18,20,22,28,32H,11-16H2,1-3H3,(H,34,37). The minimum absolute atomic E-state index is 0.209. The Bertz CT molecular complexity index is 1430. The summed E-state index contributed by atoms with van der Waals surface area (Å²) in [4.78, 5) is 23.6. The Labute approximate surface area is 251 Å². The number of ether oxygens (including phenoxy) is 1. The first kappa shape index (κ1) is 31.2. The van der Waals surface area contributed by atoms with E-state index in [1.54, 1.807) is 12.1 Å². The average molecular weight is 621 g/mol. The second kappa shape index (κ2) is 13.9. The van der Waals surface area contributed by atoms with Crippen molar-refractivity contribution in [1.82, 2.24) is 24.9 Å². The van der Waals surface area contributed by atoms with Crippen LogP contribution in [0.1, 0.15) is 53.9 Å². The molecule has 12 heteroatoms. The number of likely N-dealkylation sites (tertiary alicyclic amines) is 1. The first-order chi connectivity index (χ1) is 19.6. The van der Waals surface area contributed by atoms with Gasteiger partial charge < -0.3 is 15.0 Å². The first-order valence-electron chi connectivity index (χ1n) is 13.5. The van der Waals surface area contributed by atoms with Gasteiger partial charge in [0, 0.05) is 42.7 Å². The lowest BCUT2D eigenvalue weighted by atomic mass is 9.86. The zero-order chi connectivity index (χ0) is 29.6. The van der Waals surface area contributed by atoms with Gasteiger partial charge in [0.2, 0.25) is 15.9 Å². The molecule has 1 fully saturated rings. The van der Waals surface area contributed by atoms with Crippen LogP contribution in [-0.4, -0.2) is 61.9 Å². The van der Waals surface area contributed by atoms with Gasteiger partial charge in [-0.25, -0.2) is 18.1 Å². The quantitative estimate of drug-likeness (QED) is 0.309. The number of sulfonamides is 1. The lowest BCUT2D eigenvalue weighted by Crippen LogP contribution is -2.43. The molecule has 3 aromatic rings. The molecule has 2 atom stereocenters. The van der Waals surface area contributed by atoms with Crippen molar-refractivity contribution in [2.75, 3.05) is 26.7 Å². The summed E-state index contributed by atoms with van der Waals surface area (Å²) in [6.07, 6.45) is 5.09. The van der Waals surface area contributed by atoms with Crippen LogP contribution in [0.25, 0.3) is 0 Å². The second-order valence-corrected chi connectivity index (χ2v) is 12.9. The van der Waals surface area contributed by atoms with Crippen LogP contribution in [0.15, 0.2) is 59.8 Å². The fourth-order valence-electron chi connectivity index (χ4n) is 5.06. The molecule has 220 valence electrons. The highest BCUT2D eigenvalue weighted by Gasteiger charge is 2.31. The van der Waals surface area contributed by atoms with Crippen molar-refractivity contribution in [1.29, 1.82) is 0 Å². The summed E-state index contributed by atoms with van der Waals surface area (Å²) < 4.78 is 33.3. The Morgan fingerprint density at radius 2 is 1.76 bits per heavy atom. The predicted molar refractivity (Wildman–Crippen MR) is 160 cm³/mol. The molecule has 0 saturated carbocycles. The SMILES string of the molecule is CNS(=O)(=O)c1ccc(C(Oc2cccc(C)n2)C2CCN(C(C)CCNC(=O)c3c(Cl)cncc3Cl)CC2)cc1. The number of aryl methyl sites for hydroxylation is 1. The molecule has 0 radical (unpaired) electrons. The van der Waals surface area contributed by atoms with E-state index < -0.39 is 10.0 Å². The zero-order valence-electron chi connectivity index (χ0n) is 23.3. The monoisotopic (exact) mass is 619 g/mol. The summed E-state index contributed by atoms with van der Waals surface area (Å²) in [6.45, 7) is 6.30. The minimum Gasteiger partial charge on any atom is -0.469 e. The summed E-state index contributed by atoms with van der Waals surface area (Å²) in [5, 5.41) is 3.36. The molecule has 0 bridgehead atoms. The van der Waals surface area contributed by atoms with Gasteiger partial charge in [0.05, 0.1) is 20.5 Å². The molecule has 4 rings (SSSR count). The fourth-order valence-corrected chi connectivity index (χ4v) is 6.33. The highest BCUT2D eigenvalue weighted by Crippen LogP contribution is 2.35. The highest BCUT2D eigenvalue weighted by atomic mass is 35.5. The lowest BCUT2D eigenvalue weighted by Gasteiger charge is -2.39. The smallest absolute Gasteiger partial charge is 0.254 e. The third-order valence-electron chi connectivity index (χ3n) is 7.45. The van der Waals surface area contributed by atoms with Gasteiger partial charge in [0.25, 0.3) is 5.91 Å². The molecular weight excluding hydrogens is 585 g/mol. The number of carbonyl (C=O) groups excluding carboxylic acids is 1. The molecule has 1 aliphatic rings. The summed E-state index contributed by atoms with van der Waals surface area (Å²) in [7, 11) is -2.14. The molecule has 0 spiro atoms. The second-order valence-electron chi connectivity index (χ2n) is 10.2. The van der Waals surface area contributed by atoms with Crippen LogP contribution in [0.4, 0.5) is 0 Å². The van der Waals surface area contributed by atoms with E-state index >= 15 is 0 Å². The molecule has 41 heavy (non-hydrogen) atoms. The van der Waals surface area contributed by atoms with Gasteiger partial charge in [-0.05, 0) is 77.0 Å². The number of aromatic nitrogens is 2. The molecule has 9 nitrogen and oxygen atoms in total. The topological polar surface area (TPSA) is 114 Å². The van der Waals surface area contributed by atoms with Crippen LogP contribution in [0.2, 0.25) is 10.0 Å². The van der Waals surface area contributed by atoms with Crippen LogP contribution in [0.5, 0.6) is 5.88 Å². The Kier molecular flexibility index (Phi) is 10.6. The third-order valence-corrected chi connectivity index (χ3v) is 9.46. The molecule has 3 heterocycles. The van der Waals surface area contributed by atoms with Gasteiger partial charge in [-0.1, -0.05) is 41.4 Å². The largest absolute Gasteiger partial charge is 0.469 e. The van der Waals surface area contributed by atoms with Crippen LogP contribution in [0, 0.1) is 12.8 Å². The number of pyridine rings is 2. The zero-order valence-corrected chi connectivity index (χ0v) is 25.6. The third kappa shape index (κ3) is 7.96. The van der Waals surface area contributed by atoms with Crippen molar-refractivity contribution < 1.29 is 17.9 Å². The Morgan fingerprint density at radius 1 is 1.10 bits per heavy atom. The number of piperidine rings is 1. The van der Waals surface area contributed by atoms with Crippen molar-refractivity contribution in [3.8, 4) is 5.88 Å². The summed E-state index contributed by atoms with van der Waals surface area (Å²) in [5.41, 5.74) is 2.01. The summed E-state index contributed by atoms with van der Waals surface area (Å²) in [6, 6.07) is 12.8. The summed E-state index contributed by atoms with van der Waals surface area (Å²) in [5.74, 6) is 0.442. The molecule has 2 N–H and O–H groups in total. The lowest BCUT2D eigenvalue weighted by molar-refractivity contribution is 0.0579. The number of benzene rings is 1. The number of nitrogens with zero attached hydrogens (tertiary/aromatic N) is 3. The van der Waals surface area contributed by atoms with Crippen LogP contribution < -0.4 is 14.8 Å². The van der Waals surface area contributed by atoms with Gasteiger partial charge in [-0.15, -0.1) is 0 Å². The van der Waals surface area contributed by atoms with E-state index in [2.05, 4.69) is 31.8 Å². The van der Waals surface area contributed by atoms with Gasteiger partial charge in [-0.3, -0.25) is 9.78 Å². The maximum atomic E-state index is 12.6. The highest BCUT2D eigenvalue weighted by molar-refractivity contribution is 7.89. The van der Waals surface area contributed by atoms with Crippen LogP contribution in [-0.2, 0) is 10.0 Å². The number of amides is 1. The molecule has 2 unspecified atom stereocenters. The van der Waals surface area contributed by atoms with E-state index in [1.807, 2.05) is 37.3 Å². The molecule has 1 aliphatic heterocycles. The number of nitrogens with one attached hydrogen (secondary N) is 2. The molecule has 1 amide bonds. The number of rotatable bonds is 11. The van der Waals surface area contributed by atoms with E-state index in [1.165, 1.54) is 19.4 Å². The molecule has 1 saturated heterocycles. The predicted octanol–water partition coefficient (Wildman–Crippen LogP) is 5.04. The Morgan fingerprint density at radius 3 is 2.37 bits per heavy atom. The Balaban J connectivity index is 1.38. The number of hydrogen-bond acceptors (Lipinski definition) is 7. The van der Waals surface area contributed by atoms with Gasteiger partial charge >= 0.3 is 0 Å². The first-order valence-corrected chi connectivity index (χ1v) is 15.8. The molecule has 1 aromatic carbocycles. The number of halogens is 2. The van der Waals surface area contributed by atoms with Crippen molar-refractivity contribution in [2.24, 2.45) is 5.92 Å². The van der Waals surface area contributed by atoms with E-state index in [0.29, 0.717) is 12.4 Å². The van der Waals surface area contributed by atoms with Gasteiger partial charge in [0.1, 0.15) is 6.10 Å². The minimum atomic E-state index is -3.53. The number of carbonyl (C=O) groups is 1. The van der Waals surface area contributed by atoms with Gasteiger partial charge in [-0.2, -0.15) is 0 Å². The molecule has 0 aliphatic carbocycles. The maximum Gasteiger partial charge on any atom is 0.254 e. The fraction of sp³-hybridized carbons (Fsp3) is 0.414. The van der Waals surface area contributed by atoms with Crippen molar-refractivity contribution >= 4 is 39.1 Å². The van der Waals surface area contributed by atoms with Gasteiger partial charge in [0.15, 0.2) is 0 Å².